The number of ether oxygens (including phenoxy) is 1. The van der Waals surface area contributed by atoms with Gasteiger partial charge < -0.3 is 19.6 Å². The molecule has 0 bridgehead atoms. The Balaban J connectivity index is 1.52. The molecule has 0 aliphatic carbocycles. The van der Waals surface area contributed by atoms with Crippen LogP contribution in [0.2, 0.25) is 0 Å². The molecule has 120 valence electrons. The summed E-state index contributed by atoms with van der Waals surface area (Å²) < 4.78 is 8.08. The molecule has 5 nitrogen and oxygen atoms in total. The normalized spacial score (nSPS) is 21.8. The second-order valence-electron chi connectivity index (χ2n) is 6.17. The van der Waals surface area contributed by atoms with Crippen molar-refractivity contribution in [2.75, 3.05) is 6.61 Å². The molecule has 5 heteroatoms. The Bertz CT molecular complexity index is 791. The van der Waals surface area contributed by atoms with Gasteiger partial charge in [-0.15, -0.1) is 0 Å². The first-order valence-electron chi connectivity index (χ1n) is 8.20. The summed E-state index contributed by atoms with van der Waals surface area (Å²) in [6, 6.07) is 8.82. The molecule has 0 amide bonds. The van der Waals surface area contributed by atoms with Crippen molar-refractivity contribution in [1.29, 1.82) is 0 Å². The van der Waals surface area contributed by atoms with Crippen LogP contribution in [0.5, 0.6) is 0 Å². The molecule has 1 saturated heterocycles. The Morgan fingerprint density at radius 1 is 1.39 bits per heavy atom. The number of rotatable bonds is 4. The van der Waals surface area contributed by atoms with E-state index in [2.05, 4.69) is 44.1 Å². The largest absolute Gasteiger partial charge is 0.369 e. The van der Waals surface area contributed by atoms with E-state index < -0.39 is 0 Å². The van der Waals surface area contributed by atoms with Gasteiger partial charge in [0.05, 0.1) is 0 Å². The summed E-state index contributed by atoms with van der Waals surface area (Å²) in [6.45, 7) is 1.65. The van der Waals surface area contributed by atoms with Gasteiger partial charge >= 0.3 is 0 Å². The van der Waals surface area contributed by atoms with E-state index in [0.29, 0.717) is 6.04 Å². The van der Waals surface area contributed by atoms with Crippen LogP contribution in [0.4, 0.5) is 0 Å². The molecule has 2 aromatic heterocycles. The Morgan fingerprint density at radius 2 is 2.35 bits per heavy atom. The zero-order valence-corrected chi connectivity index (χ0v) is 13.3. The average Bonchev–Trinajstić information content (AvgIpc) is 3.22. The maximum absolute atomic E-state index is 6.02. The molecule has 4 rings (SSSR count). The van der Waals surface area contributed by atoms with Crippen molar-refractivity contribution in [2.45, 2.75) is 31.5 Å². The van der Waals surface area contributed by atoms with Gasteiger partial charge in [0, 0.05) is 55.7 Å². The number of benzene rings is 1. The molecular formula is C18H22N4O. The number of nitrogens with one attached hydrogen (secondary N) is 2. The zero-order chi connectivity index (χ0) is 15.6. The van der Waals surface area contributed by atoms with Gasteiger partial charge in [-0.25, -0.2) is 4.98 Å². The lowest BCUT2D eigenvalue weighted by Crippen LogP contribution is -2.40. The minimum Gasteiger partial charge on any atom is -0.369 e. The third kappa shape index (κ3) is 2.78. The van der Waals surface area contributed by atoms with Gasteiger partial charge in [-0.2, -0.15) is 0 Å². The number of aryl methyl sites for hydroxylation is 1. The molecule has 1 aromatic carbocycles. The van der Waals surface area contributed by atoms with E-state index in [9.17, 15) is 0 Å². The smallest absolute Gasteiger partial charge is 0.139 e. The minimum atomic E-state index is 0.0224. The van der Waals surface area contributed by atoms with Crippen LogP contribution in [-0.4, -0.2) is 27.2 Å². The van der Waals surface area contributed by atoms with Crippen LogP contribution in [0, 0.1) is 0 Å². The molecule has 0 radical (unpaired) electrons. The number of hydrogen-bond acceptors (Lipinski definition) is 3. The highest BCUT2D eigenvalue weighted by atomic mass is 16.5. The standard InChI is InChI=1S/C18H22N4O/c1-22-10-9-20-18(22)17-16(6-3-11-23-17)21-12-13-4-2-5-15-14(13)7-8-19-15/h2,4-5,7-10,16-17,19,21H,3,6,11-12H2,1H3/t16-,17-/m0/s1. The second kappa shape index (κ2) is 6.18. The molecular weight excluding hydrogens is 288 g/mol. The first kappa shape index (κ1) is 14.5. The fraction of sp³-hybridized carbons (Fsp3) is 0.389. The van der Waals surface area contributed by atoms with Crippen molar-refractivity contribution in [3.63, 3.8) is 0 Å². The number of imidazole rings is 1. The number of H-pyrrole nitrogens is 1. The Morgan fingerprint density at radius 3 is 3.22 bits per heavy atom. The number of aromatic nitrogens is 3. The van der Waals surface area contributed by atoms with Crippen LogP contribution in [-0.2, 0) is 18.3 Å². The SMILES string of the molecule is Cn1ccnc1[C@H]1OCCC[C@@H]1NCc1cccc2[nH]ccc12. The van der Waals surface area contributed by atoms with Crippen LogP contribution in [0.3, 0.4) is 0 Å². The van der Waals surface area contributed by atoms with E-state index >= 15 is 0 Å². The Labute approximate surface area is 135 Å². The van der Waals surface area contributed by atoms with E-state index in [1.54, 1.807) is 0 Å². The van der Waals surface area contributed by atoms with Gasteiger partial charge in [0.25, 0.3) is 0 Å². The average molecular weight is 310 g/mol. The molecule has 0 unspecified atom stereocenters. The summed E-state index contributed by atoms with van der Waals surface area (Å²) >= 11 is 0. The fourth-order valence-electron chi connectivity index (χ4n) is 3.44. The molecule has 2 atom stereocenters. The number of hydrogen-bond donors (Lipinski definition) is 2. The number of nitrogens with zero attached hydrogens (tertiary/aromatic N) is 2. The van der Waals surface area contributed by atoms with Gasteiger partial charge in [0.15, 0.2) is 0 Å². The van der Waals surface area contributed by atoms with Crippen molar-refractivity contribution in [2.24, 2.45) is 7.05 Å². The topological polar surface area (TPSA) is 54.9 Å². The molecule has 1 fully saturated rings. The summed E-state index contributed by atoms with van der Waals surface area (Å²) in [7, 11) is 2.03. The summed E-state index contributed by atoms with van der Waals surface area (Å²) in [5.74, 6) is 1.00. The number of aromatic amines is 1. The second-order valence-corrected chi connectivity index (χ2v) is 6.17. The van der Waals surface area contributed by atoms with Gasteiger partial charge in [0.1, 0.15) is 11.9 Å². The third-order valence-electron chi connectivity index (χ3n) is 4.68. The molecule has 1 aliphatic heterocycles. The molecule has 2 N–H and O–H groups in total. The quantitative estimate of drug-likeness (QED) is 0.779. The van der Waals surface area contributed by atoms with E-state index in [-0.39, 0.29) is 6.10 Å². The molecule has 1 aliphatic rings. The van der Waals surface area contributed by atoms with Crippen LogP contribution in [0.15, 0.2) is 42.9 Å². The zero-order valence-electron chi connectivity index (χ0n) is 13.3. The highest BCUT2D eigenvalue weighted by molar-refractivity contribution is 5.82. The maximum atomic E-state index is 6.02. The van der Waals surface area contributed by atoms with Gasteiger partial charge in [-0.3, -0.25) is 0 Å². The first-order chi connectivity index (χ1) is 11.3. The van der Waals surface area contributed by atoms with Crippen LogP contribution < -0.4 is 5.32 Å². The van der Waals surface area contributed by atoms with E-state index in [1.165, 1.54) is 16.5 Å². The van der Waals surface area contributed by atoms with Gasteiger partial charge in [0.2, 0.25) is 0 Å². The predicted octanol–water partition coefficient (Wildman–Crippen LogP) is 2.91. The lowest BCUT2D eigenvalue weighted by molar-refractivity contribution is -0.0178. The maximum Gasteiger partial charge on any atom is 0.139 e. The van der Waals surface area contributed by atoms with Gasteiger partial charge in [-0.05, 0) is 30.5 Å². The van der Waals surface area contributed by atoms with Crippen molar-refractivity contribution >= 4 is 10.9 Å². The highest BCUT2D eigenvalue weighted by Crippen LogP contribution is 2.28. The first-order valence-corrected chi connectivity index (χ1v) is 8.20. The van der Waals surface area contributed by atoms with E-state index in [0.717, 1.165) is 31.8 Å². The van der Waals surface area contributed by atoms with E-state index in [1.807, 2.05) is 25.6 Å². The summed E-state index contributed by atoms with van der Waals surface area (Å²) in [4.78, 5) is 7.75. The minimum absolute atomic E-state index is 0.0224. The summed E-state index contributed by atoms with van der Waals surface area (Å²) in [6.07, 6.45) is 8.03. The highest BCUT2D eigenvalue weighted by Gasteiger charge is 2.29. The fourth-order valence-corrected chi connectivity index (χ4v) is 3.44. The van der Waals surface area contributed by atoms with Gasteiger partial charge in [-0.1, -0.05) is 12.1 Å². The van der Waals surface area contributed by atoms with Crippen molar-refractivity contribution in [3.05, 3.63) is 54.2 Å². The third-order valence-corrected chi connectivity index (χ3v) is 4.68. The molecule has 0 saturated carbocycles. The lowest BCUT2D eigenvalue weighted by atomic mass is 10.0. The molecule has 23 heavy (non-hydrogen) atoms. The lowest BCUT2D eigenvalue weighted by Gasteiger charge is -2.32. The van der Waals surface area contributed by atoms with Crippen LogP contribution >= 0.6 is 0 Å². The van der Waals surface area contributed by atoms with E-state index in [4.69, 9.17) is 4.74 Å². The van der Waals surface area contributed by atoms with Crippen molar-refractivity contribution in [3.8, 4) is 0 Å². The monoisotopic (exact) mass is 310 g/mol. The van der Waals surface area contributed by atoms with Crippen LogP contribution in [0.25, 0.3) is 10.9 Å². The predicted molar refractivity (Wildman–Crippen MR) is 90.1 cm³/mol. The van der Waals surface area contributed by atoms with Crippen molar-refractivity contribution < 1.29 is 4.74 Å². The molecule has 3 aromatic rings. The molecule has 3 heterocycles. The Hall–Kier alpha value is -2.11. The van der Waals surface area contributed by atoms with Crippen LogP contribution in [0.1, 0.15) is 30.3 Å². The van der Waals surface area contributed by atoms with Crippen molar-refractivity contribution in [1.82, 2.24) is 19.9 Å². The summed E-state index contributed by atoms with van der Waals surface area (Å²) in [5.41, 5.74) is 2.50. The summed E-state index contributed by atoms with van der Waals surface area (Å²) in [5, 5.41) is 4.98. The Kier molecular flexibility index (Phi) is 3.89. The number of fused-ring (bicyclic) bond motifs is 1. The molecule has 0 spiro atoms.